The lowest BCUT2D eigenvalue weighted by Crippen LogP contribution is -2.44. The molecule has 1 aromatic carbocycles. The Bertz CT molecular complexity index is 759. The minimum atomic E-state index is -0.394. The summed E-state index contributed by atoms with van der Waals surface area (Å²) >= 11 is 0. The quantitative estimate of drug-likeness (QED) is 0.770. The smallest absolute Gasteiger partial charge is 0.322 e. The molecule has 1 saturated heterocycles. The Morgan fingerprint density at radius 1 is 1.33 bits per heavy atom. The van der Waals surface area contributed by atoms with Gasteiger partial charge < -0.3 is 29.5 Å². The average molecular weight is 374 g/mol. The van der Waals surface area contributed by atoms with Gasteiger partial charge in [0.25, 0.3) is 0 Å². The van der Waals surface area contributed by atoms with Gasteiger partial charge in [-0.25, -0.2) is 4.79 Å². The van der Waals surface area contributed by atoms with E-state index in [-0.39, 0.29) is 18.6 Å². The first-order valence-electron chi connectivity index (χ1n) is 8.66. The van der Waals surface area contributed by atoms with E-state index < -0.39 is 6.03 Å². The molecule has 1 aliphatic rings. The van der Waals surface area contributed by atoms with Crippen LogP contribution in [0.5, 0.6) is 5.75 Å². The summed E-state index contributed by atoms with van der Waals surface area (Å²) in [6, 6.07) is 8.14. The minimum absolute atomic E-state index is 0.0825. The van der Waals surface area contributed by atoms with Crippen molar-refractivity contribution in [3.63, 3.8) is 0 Å². The standard InChI is InChI=1S/C18H22N4O5/c1-25-14-5-2-4-13(10-14)19-18(24)22(11-15-6-3-8-26-15)12-17(23)20-16-7-9-27-21-16/h2,4-5,7,9-10,15H,3,6,8,11-12H2,1H3,(H,19,24)(H,20,21,23). The summed E-state index contributed by atoms with van der Waals surface area (Å²) in [4.78, 5) is 26.4. The van der Waals surface area contributed by atoms with E-state index in [1.165, 1.54) is 17.2 Å². The zero-order valence-corrected chi connectivity index (χ0v) is 15.0. The van der Waals surface area contributed by atoms with E-state index in [1.54, 1.807) is 31.4 Å². The molecular formula is C18H22N4O5. The Morgan fingerprint density at radius 2 is 2.22 bits per heavy atom. The number of nitrogens with zero attached hydrogens (tertiary/aromatic N) is 2. The SMILES string of the molecule is COc1cccc(NC(=O)N(CC(=O)Nc2ccon2)CC2CCCO2)c1. The molecule has 0 saturated carbocycles. The predicted octanol–water partition coefficient (Wildman–Crippen LogP) is 2.33. The van der Waals surface area contributed by atoms with Gasteiger partial charge in [0.1, 0.15) is 18.6 Å². The molecule has 9 heteroatoms. The molecule has 2 N–H and O–H groups in total. The molecule has 2 aromatic rings. The second-order valence-electron chi connectivity index (χ2n) is 6.11. The van der Waals surface area contributed by atoms with Crippen LogP contribution in [0.25, 0.3) is 0 Å². The van der Waals surface area contributed by atoms with Crippen molar-refractivity contribution in [2.75, 3.05) is 37.4 Å². The Kier molecular flexibility index (Phi) is 6.26. The number of hydrogen-bond acceptors (Lipinski definition) is 6. The number of amides is 3. The van der Waals surface area contributed by atoms with Gasteiger partial charge in [-0.15, -0.1) is 0 Å². The second kappa shape index (κ2) is 9.04. The minimum Gasteiger partial charge on any atom is -0.497 e. The van der Waals surface area contributed by atoms with Gasteiger partial charge in [-0.3, -0.25) is 4.79 Å². The summed E-state index contributed by atoms with van der Waals surface area (Å²) in [5.74, 6) is 0.551. The van der Waals surface area contributed by atoms with Crippen LogP contribution >= 0.6 is 0 Å². The maximum Gasteiger partial charge on any atom is 0.322 e. The second-order valence-corrected chi connectivity index (χ2v) is 6.11. The first-order chi connectivity index (χ1) is 13.1. The molecule has 0 bridgehead atoms. The zero-order valence-electron chi connectivity index (χ0n) is 15.0. The molecule has 3 rings (SSSR count). The number of ether oxygens (including phenoxy) is 2. The number of anilines is 2. The molecular weight excluding hydrogens is 352 g/mol. The molecule has 2 heterocycles. The van der Waals surface area contributed by atoms with Crippen molar-refractivity contribution in [2.24, 2.45) is 0 Å². The third-order valence-electron chi connectivity index (χ3n) is 4.10. The van der Waals surface area contributed by atoms with E-state index in [1.807, 2.05) is 0 Å². The fourth-order valence-electron chi connectivity index (χ4n) is 2.79. The van der Waals surface area contributed by atoms with Gasteiger partial charge in [0, 0.05) is 31.0 Å². The van der Waals surface area contributed by atoms with Gasteiger partial charge in [0.2, 0.25) is 5.91 Å². The van der Waals surface area contributed by atoms with Gasteiger partial charge >= 0.3 is 6.03 Å². The van der Waals surface area contributed by atoms with Crippen LogP contribution in [0.3, 0.4) is 0 Å². The fraction of sp³-hybridized carbons (Fsp3) is 0.389. The van der Waals surface area contributed by atoms with Crippen LogP contribution in [0, 0.1) is 0 Å². The first kappa shape index (κ1) is 18.7. The molecule has 0 radical (unpaired) electrons. The Labute approximate surface area is 156 Å². The highest BCUT2D eigenvalue weighted by Crippen LogP contribution is 2.18. The summed E-state index contributed by atoms with van der Waals surface area (Å²) in [7, 11) is 1.55. The predicted molar refractivity (Wildman–Crippen MR) is 97.7 cm³/mol. The number of nitrogens with one attached hydrogen (secondary N) is 2. The summed E-state index contributed by atoms with van der Waals surface area (Å²) in [5, 5.41) is 9.01. The van der Waals surface area contributed by atoms with Gasteiger partial charge in [0.05, 0.1) is 13.2 Å². The summed E-state index contributed by atoms with van der Waals surface area (Å²) in [6.07, 6.45) is 3.07. The van der Waals surface area contributed by atoms with Crippen molar-refractivity contribution in [3.05, 3.63) is 36.6 Å². The normalized spacial score (nSPS) is 16.0. The van der Waals surface area contributed by atoms with E-state index in [0.29, 0.717) is 30.4 Å². The van der Waals surface area contributed by atoms with Crippen molar-refractivity contribution < 1.29 is 23.6 Å². The highest BCUT2D eigenvalue weighted by molar-refractivity contribution is 5.96. The van der Waals surface area contributed by atoms with Gasteiger partial charge in [-0.1, -0.05) is 11.2 Å². The number of benzene rings is 1. The fourth-order valence-corrected chi connectivity index (χ4v) is 2.79. The molecule has 1 aromatic heterocycles. The highest BCUT2D eigenvalue weighted by atomic mass is 16.5. The van der Waals surface area contributed by atoms with Crippen molar-refractivity contribution in [2.45, 2.75) is 18.9 Å². The molecule has 0 spiro atoms. The molecule has 27 heavy (non-hydrogen) atoms. The van der Waals surface area contributed by atoms with E-state index in [4.69, 9.17) is 9.47 Å². The lowest BCUT2D eigenvalue weighted by Gasteiger charge is -2.25. The highest BCUT2D eigenvalue weighted by Gasteiger charge is 2.25. The number of rotatable bonds is 7. The van der Waals surface area contributed by atoms with E-state index in [9.17, 15) is 9.59 Å². The zero-order chi connectivity index (χ0) is 19.1. The number of aromatic nitrogens is 1. The van der Waals surface area contributed by atoms with Crippen molar-refractivity contribution >= 4 is 23.4 Å². The molecule has 1 fully saturated rings. The van der Waals surface area contributed by atoms with E-state index >= 15 is 0 Å². The molecule has 1 unspecified atom stereocenters. The summed E-state index contributed by atoms with van der Waals surface area (Å²) in [6.45, 7) is 0.853. The molecule has 144 valence electrons. The molecule has 9 nitrogen and oxygen atoms in total. The Morgan fingerprint density at radius 3 is 2.93 bits per heavy atom. The van der Waals surface area contributed by atoms with Crippen molar-refractivity contribution in [1.29, 1.82) is 0 Å². The van der Waals surface area contributed by atoms with E-state index in [0.717, 1.165) is 12.8 Å². The number of methoxy groups -OCH3 is 1. The largest absolute Gasteiger partial charge is 0.497 e. The van der Waals surface area contributed by atoms with Crippen LogP contribution < -0.4 is 15.4 Å². The van der Waals surface area contributed by atoms with Gasteiger partial charge in [0.15, 0.2) is 5.82 Å². The number of carbonyl (C=O) groups is 2. The molecule has 1 aliphatic heterocycles. The van der Waals surface area contributed by atoms with Crippen LogP contribution in [0.4, 0.5) is 16.3 Å². The average Bonchev–Trinajstić information content (AvgIpc) is 3.35. The molecule has 1 atom stereocenters. The van der Waals surface area contributed by atoms with Crippen molar-refractivity contribution in [1.82, 2.24) is 10.1 Å². The van der Waals surface area contributed by atoms with Crippen LogP contribution in [0.2, 0.25) is 0 Å². The van der Waals surface area contributed by atoms with E-state index in [2.05, 4.69) is 20.3 Å². The maximum absolute atomic E-state index is 12.7. The Balaban J connectivity index is 1.65. The van der Waals surface area contributed by atoms with Crippen LogP contribution in [-0.4, -0.2) is 54.9 Å². The maximum atomic E-state index is 12.7. The topological polar surface area (TPSA) is 106 Å². The van der Waals surface area contributed by atoms with Gasteiger partial charge in [-0.05, 0) is 25.0 Å². The Hall–Kier alpha value is -3.07. The first-order valence-corrected chi connectivity index (χ1v) is 8.66. The third kappa shape index (κ3) is 5.45. The lowest BCUT2D eigenvalue weighted by molar-refractivity contribution is -0.117. The van der Waals surface area contributed by atoms with Crippen LogP contribution in [-0.2, 0) is 9.53 Å². The molecule has 0 aliphatic carbocycles. The van der Waals surface area contributed by atoms with Crippen LogP contribution in [0.15, 0.2) is 41.1 Å². The lowest BCUT2D eigenvalue weighted by atomic mass is 10.2. The molecule has 3 amide bonds. The third-order valence-corrected chi connectivity index (χ3v) is 4.10. The number of urea groups is 1. The summed E-state index contributed by atoms with van der Waals surface area (Å²) < 4.78 is 15.5. The monoisotopic (exact) mass is 374 g/mol. The number of carbonyl (C=O) groups excluding carboxylic acids is 2. The number of hydrogen-bond donors (Lipinski definition) is 2. The van der Waals surface area contributed by atoms with Crippen molar-refractivity contribution in [3.8, 4) is 5.75 Å². The summed E-state index contributed by atoms with van der Waals surface area (Å²) in [5.41, 5.74) is 0.577. The van der Waals surface area contributed by atoms with Crippen LogP contribution in [0.1, 0.15) is 12.8 Å². The van der Waals surface area contributed by atoms with Gasteiger partial charge in [-0.2, -0.15) is 0 Å².